The molecule has 2 N–H and O–H groups in total. The van der Waals surface area contributed by atoms with E-state index in [4.69, 9.17) is 14.2 Å². The van der Waals surface area contributed by atoms with Gasteiger partial charge in [0.2, 0.25) is 5.91 Å². The van der Waals surface area contributed by atoms with Crippen LogP contribution in [0.15, 0.2) is 60.9 Å². The molecule has 1 atom stereocenters. The zero-order valence-corrected chi connectivity index (χ0v) is 23.1. The van der Waals surface area contributed by atoms with Gasteiger partial charge >= 0.3 is 0 Å². The predicted molar refractivity (Wildman–Crippen MR) is 154 cm³/mol. The Balaban J connectivity index is 1.52. The molecule has 4 rings (SSSR count). The molecule has 1 fully saturated rings. The van der Waals surface area contributed by atoms with Crippen molar-refractivity contribution in [1.82, 2.24) is 14.9 Å². The van der Waals surface area contributed by atoms with E-state index in [1.807, 2.05) is 36.4 Å². The Labute approximate surface area is 230 Å². The number of nitrogens with one attached hydrogen (secondary N) is 2. The second-order valence-corrected chi connectivity index (χ2v) is 9.80. The first-order chi connectivity index (χ1) is 19.1. The van der Waals surface area contributed by atoms with E-state index in [0.29, 0.717) is 49.5 Å². The summed E-state index contributed by atoms with van der Waals surface area (Å²) in [4.78, 5) is 24.1. The number of carbonyl (C=O) groups is 1. The summed E-state index contributed by atoms with van der Waals surface area (Å²) < 4.78 is 16.5. The van der Waals surface area contributed by atoms with Crippen LogP contribution in [-0.2, 0) is 14.3 Å². The van der Waals surface area contributed by atoms with Crippen LogP contribution in [0.5, 0.6) is 5.75 Å². The first-order valence-electron chi connectivity index (χ1n) is 13.5. The Morgan fingerprint density at radius 1 is 1.10 bits per heavy atom. The van der Waals surface area contributed by atoms with Crippen molar-refractivity contribution in [2.45, 2.75) is 25.8 Å². The molecule has 9 nitrogen and oxygen atoms in total. The van der Waals surface area contributed by atoms with E-state index >= 15 is 0 Å². The number of ether oxygens (including phenoxy) is 3. The number of amides is 1. The molecule has 1 aromatic heterocycles. The highest BCUT2D eigenvalue weighted by atomic mass is 16.5. The Kier molecular flexibility index (Phi) is 10.6. The largest absolute Gasteiger partial charge is 0.491 e. The summed E-state index contributed by atoms with van der Waals surface area (Å²) in [6, 6.07) is 14.0. The number of aromatic nitrogens is 2. The lowest BCUT2D eigenvalue weighted by Crippen LogP contribution is -2.31. The quantitative estimate of drug-likeness (QED) is 0.256. The summed E-state index contributed by atoms with van der Waals surface area (Å²) in [7, 11) is 3.36. The number of carbonyl (C=O) groups excluding carboxylic acids is 1. The van der Waals surface area contributed by atoms with Crippen molar-refractivity contribution in [2.24, 2.45) is 5.92 Å². The molecule has 0 spiro atoms. The van der Waals surface area contributed by atoms with Crippen LogP contribution in [-0.4, -0.2) is 74.4 Å². The predicted octanol–water partition coefficient (Wildman–Crippen LogP) is 4.68. The van der Waals surface area contributed by atoms with Crippen molar-refractivity contribution in [1.29, 1.82) is 0 Å². The zero-order chi connectivity index (χ0) is 27.5. The molecule has 0 aliphatic heterocycles. The molecular weight excluding hydrogens is 494 g/mol. The van der Waals surface area contributed by atoms with Gasteiger partial charge in [-0.05, 0) is 37.3 Å². The first-order valence-corrected chi connectivity index (χ1v) is 13.5. The van der Waals surface area contributed by atoms with E-state index in [1.165, 1.54) is 12.8 Å². The second-order valence-electron chi connectivity index (χ2n) is 9.80. The highest BCUT2D eigenvalue weighted by Gasteiger charge is 2.23. The molecule has 0 unspecified atom stereocenters. The van der Waals surface area contributed by atoms with E-state index in [9.17, 15) is 4.79 Å². The molecule has 3 aromatic rings. The van der Waals surface area contributed by atoms with Crippen LogP contribution in [0.2, 0.25) is 0 Å². The first kappa shape index (κ1) is 28.5. The summed E-state index contributed by atoms with van der Waals surface area (Å²) in [5.74, 6) is 1.65. The van der Waals surface area contributed by atoms with Crippen molar-refractivity contribution in [3.63, 3.8) is 0 Å². The fourth-order valence-corrected chi connectivity index (χ4v) is 4.16. The standard InChI is InChI=1S/C30H39N5O4/c1-22(24-8-5-4-6-9-24)33-30-25-18-27(28(39-20-23-11-12-23)19-26(25)31-21-32-30)34-29(36)10-7-13-35(14-16-37-2)15-17-38-3/h4-10,18-19,21-23H,11-17,20H2,1-3H3,(H,34,36)(H,31,32,33)/b10-7+/t22-/m1/s1. The van der Waals surface area contributed by atoms with Gasteiger partial charge in [0.25, 0.3) is 0 Å². The Morgan fingerprint density at radius 2 is 1.85 bits per heavy atom. The average molecular weight is 534 g/mol. The van der Waals surface area contributed by atoms with Gasteiger partial charge in [0, 0.05) is 57.4 Å². The van der Waals surface area contributed by atoms with Crippen molar-refractivity contribution in [3.05, 3.63) is 66.5 Å². The van der Waals surface area contributed by atoms with Gasteiger partial charge < -0.3 is 24.8 Å². The molecular formula is C30H39N5O4. The lowest BCUT2D eigenvalue weighted by Gasteiger charge is -2.19. The minimum Gasteiger partial charge on any atom is -0.491 e. The van der Waals surface area contributed by atoms with Crippen LogP contribution in [0.4, 0.5) is 11.5 Å². The molecule has 1 saturated carbocycles. The molecule has 39 heavy (non-hydrogen) atoms. The SMILES string of the molecule is COCCN(C/C=C/C(=O)Nc1cc2c(N[C@H](C)c3ccccc3)ncnc2cc1OCC1CC1)CCOC. The maximum atomic E-state index is 12.9. The number of fused-ring (bicyclic) bond motifs is 1. The van der Waals surface area contributed by atoms with Crippen molar-refractivity contribution >= 4 is 28.3 Å². The third-order valence-electron chi connectivity index (χ3n) is 6.67. The summed E-state index contributed by atoms with van der Waals surface area (Å²) in [5.41, 5.74) is 2.50. The van der Waals surface area contributed by atoms with Crippen LogP contribution in [0.1, 0.15) is 31.4 Å². The van der Waals surface area contributed by atoms with E-state index in [1.54, 1.807) is 26.6 Å². The Bertz CT molecular complexity index is 1220. The van der Waals surface area contributed by atoms with Crippen LogP contribution in [0, 0.1) is 5.92 Å². The number of methoxy groups -OCH3 is 2. The monoisotopic (exact) mass is 533 g/mol. The molecule has 0 saturated heterocycles. The number of hydrogen-bond acceptors (Lipinski definition) is 8. The third-order valence-corrected chi connectivity index (χ3v) is 6.67. The summed E-state index contributed by atoms with van der Waals surface area (Å²) in [6.07, 6.45) is 7.30. The number of anilines is 2. The number of rotatable bonds is 16. The molecule has 1 amide bonds. The maximum absolute atomic E-state index is 12.9. The van der Waals surface area contributed by atoms with E-state index in [-0.39, 0.29) is 11.9 Å². The highest BCUT2D eigenvalue weighted by Crippen LogP contribution is 2.36. The van der Waals surface area contributed by atoms with Crippen LogP contribution < -0.4 is 15.4 Å². The second kappa shape index (κ2) is 14.6. The third kappa shape index (κ3) is 8.74. The smallest absolute Gasteiger partial charge is 0.248 e. The lowest BCUT2D eigenvalue weighted by molar-refractivity contribution is -0.111. The summed E-state index contributed by atoms with van der Waals surface area (Å²) in [5, 5.41) is 7.32. The zero-order valence-electron chi connectivity index (χ0n) is 23.1. The topological polar surface area (TPSA) is 97.8 Å². The van der Waals surface area contributed by atoms with Gasteiger partial charge in [-0.3, -0.25) is 9.69 Å². The maximum Gasteiger partial charge on any atom is 0.248 e. The number of benzene rings is 2. The van der Waals surface area contributed by atoms with Gasteiger partial charge in [0.1, 0.15) is 17.9 Å². The molecule has 0 radical (unpaired) electrons. The van der Waals surface area contributed by atoms with Gasteiger partial charge in [-0.25, -0.2) is 9.97 Å². The molecule has 1 aliphatic rings. The van der Waals surface area contributed by atoms with E-state index in [0.717, 1.165) is 29.6 Å². The van der Waals surface area contributed by atoms with Crippen molar-refractivity contribution < 1.29 is 19.0 Å². The number of nitrogens with zero attached hydrogens (tertiary/aromatic N) is 3. The van der Waals surface area contributed by atoms with Crippen LogP contribution >= 0.6 is 0 Å². The minimum atomic E-state index is -0.229. The molecule has 1 aliphatic carbocycles. The van der Waals surface area contributed by atoms with Crippen LogP contribution in [0.3, 0.4) is 0 Å². The lowest BCUT2D eigenvalue weighted by atomic mass is 10.1. The van der Waals surface area contributed by atoms with E-state index < -0.39 is 0 Å². The van der Waals surface area contributed by atoms with Gasteiger partial charge in [-0.15, -0.1) is 0 Å². The van der Waals surface area contributed by atoms with Gasteiger partial charge in [-0.2, -0.15) is 0 Å². The fourth-order valence-electron chi connectivity index (χ4n) is 4.16. The Morgan fingerprint density at radius 3 is 2.54 bits per heavy atom. The normalized spacial score (nSPS) is 14.2. The van der Waals surface area contributed by atoms with Gasteiger partial charge in [0.05, 0.1) is 31.0 Å². The van der Waals surface area contributed by atoms with Crippen LogP contribution in [0.25, 0.3) is 10.9 Å². The summed E-state index contributed by atoms with van der Waals surface area (Å²) in [6.45, 7) is 6.07. The van der Waals surface area contributed by atoms with Gasteiger partial charge in [-0.1, -0.05) is 36.4 Å². The summed E-state index contributed by atoms with van der Waals surface area (Å²) >= 11 is 0. The Hall–Kier alpha value is -3.53. The van der Waals surface area contributed by atoms with E-state index in [2.05, 4.69) is 44.6 Å². The minimum absolute atomic E-state index is 0.0372. The highest BCUT2D eigenvalue weighted by molar-refractivity contribution is 6.03. The van der Waals surface area contributed by atoms with Gasteiger partial charge in [0.15, 0.2) is 0 Å². The fraction of sp³-hybridized carbons (Fsp3) is 0.433. The molecule has 0 bridgehead atoms. The molecule has 9 heteroatoms. The van der Waals surface area contributed by atoms with Crippen molar-refractivity contribution in [3.8, 4) is 5.75 Å². The molecule has 1 heterocycles. The molecule has 2 aromatic carbocycles. The van der Waals surface area contributed by atoms with Crippen molar-refractivity contribution in [2.75, 3.05) is 64.3 Å². The average Bonchev–Trinajstić information content (AvgIpc) is 3.78. The molecule has 208 valence electrons. The number of hydrogen-bond donors (Lipinski definition) is 2.